The molecule has 0 aliphatic carbocycles. The molecule has 0 bridgehead atoms. The van der Waals surface area contributed by atoms with Crippen molar-refractivity contribution in [3.05, 3.63) is 34.1 Å². The molecular formula is C9H10BrFN2O2. The SMILES string of the molecule is NC(=O)CONCc1cc(F)cc(Br)c1. The van der Waals surface area contributed by atoms with Crippen LogP contribution >= 0.6 is 15.9 Å². The summed E-state index contributed by atoms with van der Waals surface area (Å²) >= 11 is 3.16. The quantitative estimate of drug-likeness (QED) is 0.625. The Morgan fingerprint density at radius 2 is 2.27 bits per heavy atom. The Morgan fingerprint density at radius 3 is 2.87 bits per heavy atom. The summed E-state index contributed by atoms with van der Waals surface area (Å²) in [6, 6.07) is 4.46. The van der Waals surface area contributed by atoms with E-state index in [0.29, 0.717) is 16.6 Å². The summed E-state index contributed by atoms with van der Waals surface area (Å²) in [6.45, 7) is 0.0835. The highest BCUT2D eigenvalue weighted by Gasteiger charge is 1.99. The van der Waals surface area contributed by atoms with Crippen LogP contribution in [-0.4, -0.2) is 12.5 Å². The Balaban J connectivity index is 2.40. The van der Waals surface area contributed by atoms with Gasteiger partial charge >= 0.3 is 0 Å². The van der Waals surface area contributed by atoms with Gasteiger partial charge in [0.2, 0.25) is 5.91 Å². The maximum atomic E-state index is 12.9. The zero-order valence-electron chi connectivity index (χ0n) is 7.80. The van der Waals surface area contributed by atoms with E-state index in [2.05, 4.69) is 21.4 Å². The minimum Gasteiger partial charge on any atom is -0.368 e. The molecule has 82 valence electrons. The van der Waals surface area contributed by atoms with Crippen molar-refractivity contribution in [3.8, 4) is 0 Å². The van der Waals surface area contributed by atoms with E-state index in [-0.39, 0.29) is 12.4 Å². The summed E-state index contributed by atoms with van der Waals surface area (Å²) in [5, 5.41) is 0. The van der Waals surface area contributed by atoms with Gasteiger partial charge in [-0.2, -0.15) is 5.48 Å². The van der Waals surface area contributed by atoms with Crippen LogP contribution < -0.4 is 11.2 Å². The summed E-state index contributed by atoms with van der Waals surface area (Å²) in [4.78, 5) is 15.0. The molecule has 0 heterocycles. The number of primary amides is 1. The average molecular weight is 277 g/mol. The van der Waals surface area contributed by atoms with Crippen LogP contribution in [0.15, 0.2) is 22.7 Å². The van der Waals surface area contributed by atoms with Gasteiger partial charge in [0.05, 0.1) is 0 Å². The van der Waals surface area contributed by atoms with Gasteiger partial charge in [0, 0.05) is 11.0 Å². The molecule has 1 rings (SSSR count). The van der Waals surface area contributed by atoms with Crippen LogP contribution in [0, 0.1) is 5.82 Å². The maximum Gasteiger partial charge on any atom is 0.245 e. The van der Waals surface area contributed by atoms with Gasteiger partial charge in [-0.1, -0.05) is 15.9 Å². The van der Waals surface area contributed by atoms with Crippen LogP contribution in [-0.2, 0) is 16.2 Å². The molecule has 0 spiro atoms. The van der Waals surface area contributed by atoms with Gasteiger partial charge in [0.25, 0.3) is 0 Å². The predicted octanol–water partition coefficient (Wildman–Crippen LogP) is 1.09. The van der Waals surface area contributed by atoms with Crippen molar-refractivity contribution in [2.75, 3.05) is 6.61 Å². The summed E-state index contributed by atoms with van der Waals surface area (Å²) in [5.74, 6) is -0.904. The molecule has 0 radical (unpaired) electrons. The number of carbonyl (C=O) groups is 1. The Morgan fingerprint density at radius 1 is 1.53 bits per heavy atom. The third-order valence-corrected chi connectivity index (χ3v) is 1.97. The third-order valence-electron chi connectivity index (χ3n) is 1.52. The molecule has 0 saturated heterocycles. The lowest BCUT2D eigenvalue weighted by molar-refractivity contribution is -0.125. The van der Waals surface area contributed by atoms with Crippen LogP contribution in [0.5, 0.6) is 0 Å². The Bertz CT molecular complexity index is 340. The molecule has 0 atom stereocenters. The highest BCUT2D eigenvalue weighted by Crippen LogP contribution is 2.14. The number of halogens is 2. The van der Waals surface area contributed by atoms with E-state index in [1.54, 1.807) is 6.07 Å². The second-order valence-corrected chi connectivity index (χ2v) is 3.77. The Hall–Kier alpha value is -0.980. The number of rotatable bonds is 5. The molecule has 1 amide bonds. The van der Waals surface area contributed by atoms with Gasteiger partial charge in [-0.25, -0.2) is 4.39 Å². The molecule has 1 aromatic carbocycles. The summed E-state index contributed by atoms with van der Waals surface area (Å²) < 4.78 is 13.5. The van der Waals surface area contributed by atoms with Crippen molar-refractivity contribution >= 4 is 21.8 Å². The van der Waals surface area contributed by atoms with E-state index in [1.165, 1.54) is 12.1 Å². The molecule has 0 aliphatic rings. The van der Waals surface area contributed by atoms with E-state index >= 15 is 0 Å². The lowest BCUT2D eigenvalue weighted by atomic mass is 10.2. The van der Waals surface area contributed by atoms with Crippen LogP contribution in [0.25, 0.3) is 0 Å². The summed E-state index contributed by atoms with van der Waals surface area (Å²) in [6.07, 6.45) is 0. The molecule has 0 aromatic heterocycles. The highest BCUT2D eigenvalue weighted by molar-refractivity contribution is 9.10. The van der Waals surface area contributed by atoms with E-state index in [0.717, 1.165) is 0 Å². The standard InChI is InChI=1S/C9H10BrFN2O2/c10-7-1-6(2-8(11)3-7)4-13-15-5-9(12)14/h1-3,13H,4-5H2,(H2,12,14). The molecule has 15 heavy (non-hydrogen) atoms. The molecule has 0 saturated carbocycles. The molecule has 0 fully saturated rings. The number of amides is 1. The number of benzene rings is 1. The highest BCUT2D eigenvalue weighted by atomic mass is 79.9. The monoisotopic (exact) mass is 276 g/mol. The van der Waals surface area contributed by atoms with E-state index in [9.17, 15) is 9.18 Å². The first-order valence-electron chi connectivity index (χ1n) is 4.16. The minimum atomic E-state index is -0.567. The van der Waals surface area contributed by atoms with Gasteiger partial charge in [0.15, 0.2) is 0 Å². The molecule has 0 unspecified atom stereocenters. The number of hydroxylamine groups is 1. The predicted molar refractivity (Wildman–Crippen MR) is 56.1 cm³/mol. The zero-order chi connectivity index (χ0) is 11.3. The Labute approximate surface area is 94.7 Å². The normalized spacial score (nSPS) is 10.3. The van der Waals surface area contributed by atoms with Crippen molar-refractivity contribution in [2.24, 2.45) is 5.73 Å². The number of hydrogen-bond donors (Lipinski definition) is 2. The third kappa shape index (κ3) is 4.87. The van der Waals surface area contributed by atoms with Crippen molar-refractivity contribution in [1.29, 1.82) is 0 Å². The van der Waals surface area contributed by atoms with Gasteiger partial charge in [-0.15, -0.1) is 0 Å². The number of hydrogen-bond acceptors (Lipinski definition) is 3. The molecule has 4 nitrogen and oxygen atoms in total. The van der Waals surface area contributed by atoms with Crippen LogP contribution in [0.1, 0.15) is 5.56 Å². The van der Waals surface area contributed by atoms with Gasteiger partial charge in [0.1, 0.15) is 12.4 Å². The fourth-order valence-electron chi connectivity index (χ4n) is 0.970. The van der Waals surface area contributed by atoms with Gasteiger partial charge < -0.3 is 5.73 Å². The smallest absolute Gasteiger partial charge is 0.245 e. The van der Waals surface area contributed by atoms with Gasteiger partial charge in [-0.05, 0) is 23.8 Å². The van der Waals surface area contributed by atoms with Crippen LogP contribution in [0.4, 0.5) is 4.39 Å². The van der Waals surface area contributed by atoms with E-state index in [1.807, 2.05) is 0 Å². The summed E-state index contributed by atoms with van der Waals surface area (Å²) in [7, 11) is 0. The lowest BCUT2D eigenvalue weighted by Gasteiger charge is -2.04. The molecule has 3 N–H and O–H groups in total. The zero-order valence-corrected chi connectivity index (χ0v) is 9.38. The first-order chi connectivity index (χ1) is 7.08. The molecule has 1 aromatic rings. The van der Waals surface area contributed by atoms with Crippen LogP contribution in [0.3, 0.4) is 0 Å². The molecule has 0 aliphatic heterocycles. The van der Waals surface area contributed by atoms with Gasteiger partial charge in [-0.3, -0.25) is 9.63 Å². The number of nitrogens with one attached hydrogen (secondary N) is 1. The summed E-state index contributed by atoms with van der Waals surface area (Å²) in [5.41, 5.74) is 8.05. The average Bonchev–Trinajstić information content (AvgIpc) is 2.10. The first-order valence-corrected chi connectivity index (χ1v) is 4.95. The molecule has 6 heteroatoms. The maximum absolute atomic E-state index is 12.9. The lowest BCUT2D eigenvalue weighted by Crippen LogP contribution is -2.24. The van der Waals surface area contributed by atoms with E-state index in [4.69, 9.17) is 10.6 Å². The topological polar surface area (TPSA) is 64.4 Å². The second kappa shape index (κ2) is 5.79. The fraction of sp³-hybridized carbons (Fsp3) is 0.222. The van der Waals surface area contributed by atoms with Crippen molar-refractivity contribution in [2.45, 2.75) is 6.54 Å². The number of carbonyl (C=O) groups excluding carboxylic acids is 1. The molecular weight excluding hydrogens is 267 g/mol. The fourth-order valence-corrected chi connectivity index (χ4v) is 1.48. The first kappa shape index (κ1) is 12.1. The van der Waals surface area contributed by atoms with Crippen molar-refractivity contribution < 1.29 is 14.0 Å². The van der Waals surface area contributed by atoms with E-state index < -0.39 is 5.91 Å². The second-order valence-electron chi connectivity index (χ2n) is 2.85. The Kier molecular flexibility index (Phi) is 4.67. The van der Waals surface area contributed by atoms with Crippen molar-refractivity contribution in [3.63, 3.8) is 0 Å². The number of nitrogens with two attached hydrogens (primary N) is 1. The largest absolute Gasteiger partial charge is 0.368 e. The minimum absolute atomic E-state index is 0.212. The van der Waals surface area contributed by atoms with Crippen LogP contribution in [0.2, 0.25) is 0 Å². The van der Waals surface area contributed by atoms with Crippen molar-refractivity contribution in [1.82, 2.24) is 5.48 Å².